The molecule has 1 atom stereocenters. The van der Waals surface area contributed by atoms with Gasteiger partial charge in [0.05, 0.1) is 4.91 Å². The molecule has 0 aromatic heterocycles. The van der Waals surface area contributed by atoms with Crippen LogP contribution in [0.1, 0.15) is 19.8 Å². The van der Waals surface area contributed by atoms with E-state index in [2.05, 4.69) is 10.4 Å². The lowest BCUT2D eigenvalue weighted by Gasteiger charge is -2.30. The van der Waals surface area contributed by atoms with Crippen LogP contribution in [0, 0.1) is 10.8 Å². The summed E-state index contributed by atoms with van der Waals surface area (Å²) in [7, 11) is 0. The number of allylic oxidation sites excluding steroid dienone is 5. The number of nitrogens with one attached hydrogen (secondary N) is 1. The van der Waals surface area contributed by atoms with Crippen LogP contribution in [-0.2, 0) is 4.79 Å². The van der Waals surface area contributed by atoms with Gasteiger partial charge in [0.25, 0.3) is 5.88 Å². The van der Waals surface area contributed by atoms with E-state index in [0.29, 0.717) is 5.88 Å². The van der Waals surface area contributed by atoms with Crippen LogP contribution < -0.4 is 5.32 Å². The first kappa shape index (κ1) is 12.3. The van der Waals surface area contributed by atoms with Gasteiger partial charge >= 0.3 is 0 Å². The van der Waals surface area contributed by atoms with Gasteiger partial charge in [-0.15, -0.1) is 0 Å². The van der Waals surface area contributed by atoms with Crippen molar-refractivity contribution in [2.24, 2.45) is 11.0 Å². The summed E-state index contributed by atoms with van der Waals surface area (Å²) in [6, 6.07) is 0. The molecule has 3 aliphatic rings. The summed E-state index contributed by atoms with van der Waals surface area (Å²) < 4.78 is 0. The van der Waals surface area contributed by atoms with Crippen LogP contribution in [0.4, 0.5) is 0 Å². The molecule has 98 valence electrons. The van der Waals surface area contributed by atoms with Crippen molar-refractivity contribution in [3.63, 3.8) is 0 Å². The van der Waals surface area contributed by atoms with Gasteiger partial charge in [0.2, 0.25) is 5.91 Å². The number of nitroso groups, excluding NO2 is 1. The Hall–Kier alpha value is -1.69. The zero-order valence-corrected chi connectivity index (χ0v) is 11.4. The molecule has 5 nitrogen and oxygen atoms in total. The third-order valence-electron chi connectivity index (χ3n) is 3.35. The average Bonchev–Trinajstić information content (AvgIpc) is 2.38. The number of thioether (sulfide) groups is 1. The fraction of sp³-hybridized carbons (Fsp3) is 0.385. The highest BCUT2D eigenvalue weighted by Gasteiger charge is 2.36. The molecule has 1 heterocycles. The van der Waals surface area contributed by atoms with Crippen LogP contribution in [-0.4, -0.2) is 22.4 Å². The molecule has 0 spiro atoms. The summed E-state index contributed by atoms with van der Waals surface area (Å²) in [4.78, 5) is 24.5. The summed E-state index contributed by atoms with van der Waals surface area (Å²) >= 11 is 1.52. The highest BCUT2D eigenvalue weighted by Crippen LogP contribution is 2.39. The van der Waals surface area contributed by atoms with Crippen molar-refractivity contribution >= 4 is 23.4 Å². The number of hydrazone groups is 1. The number of amides is 1. The van der Waals surface area contributed by atoms with Crippen molar-refractivity contribution < 1.29 is 9.66 Å². The summed E-state index contributed by atoms with van der Waals surface area (Å²) in [5.74, 6) is 0.392. The van der Waals surface area contributed by atoms with Gasteiger partial charge in [-0.2, -0.15) is 0 Å². The molecule has 0 saturated carbocycles. The standard InChI is InChI=1S/C13H13N3O2S/c1-8(17)14-11-4-2-3-10-9(11)5-6-12-13(10)15-16(18)7-19-12/h4-6,10H,2-3,7H2,1H3/p+1. The fourth-order valence-corrected chi connectivity index (χ4v) is 3.40. The largest absolute Gasteiger partial charge is 0.326 e. The molecule has 19 heavy (non-hydrogen) atoms. The van der Waals surface area contributed by atoms with E-state index in [-0.39, 0.29) is 11.8 Å². The van der Waals surface area contributed by atoms with Crippen molar-refractivity contribution in [1.29, 1.82) is 0 Å². The van der Waals surface area contributed by atoms with Crippen LogP contribution >= 0.6 is 11.8 Å². The Labute approximate surface area is 115 Å². The number of rotatable bonds is 1. The molecule has 0 aromatic rings. The summed E-state index contributed by atoms with van der Waals surface area (Å²) in [5, 5.41) is 6.99. The minimum atomic E-state index is -0.0759. The zero-order chi connectivity index (χ0) is 13.4. The van der Waals surface area contributed by atoms with E-state index >= 15 is 0 Å². The maximum Gasteiger partial charge on any atom is 0.277 e. The lowest BCUT2D eigenvalue weighted by Crippen LogP contribution is -2.32. The number of hydrogen-bond donors (Lipinski definition) is 1. The molecule has 1 N–H and O–H groups in total. The molecule has 3 rings (SSSR count). The maximum absolute atomic E-state index is 11.4. The summed E-state index contributed by atoms with van der Waals surface area (Å²) in [5.41, 5.74) is 2.76. The van der Waals surface area contributed by atoms with E-state index in [4.69, 9.17) is 0 Å². The first-order valence-corrected chi connectivity index (χ1v) is 7.20. The number of carbonyl (C=O) groups is 1. The third kappa shape index (κ3) is 2.28. The Morgan fingerprint density at radius 1 is 1.53 bits per heavy atom. The predicted molar refractivity (Wildman–Crippen MR) is 74.3 cm³/mol. The predicted octanol–water partition coefficient (Wildman–Crippen LogP) is 2.08. The number of carbonyl (C=O) groups excluding carboxylic acids is 1. The highest BCUT2D eigenvalue weighted by atomic mass is 32.2. The van der Waals surface area contributed by atoms with Crippen LogP contribution in [0.5, 0.6) is 0 Å². The van der Waals surface area contributed by atoms with Crippen LogP contribution in [0.2, 0.25) is 0 Å². The Bertz CT molecular complexity index is 587. The monoisotopic (exact) mass is 276 g/mol. The first-order valence-electron chi connectivity index (χ1n) is 6.21. The van der Waals surface area contributed by atoms with Gasteiger partial charge in [-0.1, -0.05) is 12.2 Å². The molecule has 0 aromatic carbocycles. The van der Waals surface area contributed by atoms with Crippen molar-refractivity contribution in [2.75, 3.05) is 5.88 Å². The maximum atomic E-state index is 11.4. The van der Waals surface area contributed by atoms with Crippen molar-refractivity contribution in [3.8, 4) is 0 Å². The van der Waals surface area contributed by atoms with Crippen LogP contribution in [0.3, 0.4) is 0 Å². The van der Waals surface area contributed by atoms with Gasteiger partial charge in [-0.05, 0) is 36.3 Å². The Balaban J connectivity index is 1.99. The van der Waals surface area contributed by atoms with E-state index in [9.17, 15) is 9.70 Å². The van der Waals surface area contributed by atoms with Crippen molar-refractivity contribution in [3.05, 3.63) is 39.3 Å². The second-order valence-electron chi connectivity index (χ2n) is 4.69. The quantitative estimate of drug-likeness (QED) is 0.746. The number of nitrogens with zero attached hydrogens (tertiary/aromatic N) is 2. The van der Waals surface area contributed by atoms with Gasteiger partial charge in [0, 0.05) is 28.5 Å². The van der Waals surface area contributed by atoms with Gasteiger partial charge in [-0.25, -0.2) is 0 Å². The van der Waals surface area contributed by atoms with Gasteiger partial charge < -0.3 is 5.32 Å². The van der Waals surface area contributed by atoms with E-state index in [0.717, 1.165) is 39.6 Å². The van der Waals surface area contributed by atoms with E-state index in [1.54, 1.807) is 0 Å². The van der Waals surface area contributed by atoms with Crippen molar-refractivity contribution in [1.82, 2.24) is 5.32 Å². The third-order valence-corrected chi connectivity index (χ3v) is 4.35. The van der Waals surface area contributed by atoms with Crippen molar-refractivity contribution in [2.45, 2.75) is 19.8 Å². The lowest BCUT2D eigenvalue weighted by atomic mass is 9.80. The molecule has 0 radical (unpaired) electrons. The minimum absolute atomic E-state index is 0.0759. The zero-order valence-electron chi connectivity index (χ0n) is 10.5. The first-order chi connectivity index (χ1) is 9.15. The fourth-order valence-electron chi connectivity index (χ4n) is 2.60. The molecule has 1 amide bonds. The Morgan fingerprint density at radius 2 is 2.37 bits per heavy atom. The molecule has 0 bridgehead atoms. The summed E-state index contributed by atoms with van der Waals surface area (Å²) in [6.45, 7) is 1.50. The lowest BCUT2D eigenvalue weighted by molar-refractivity contribution is -0.534. The minimum Gasteiger partial charge on any atom is -0.326 e. The number of hydrogen-bond acceptors (Lipinski definition) is 3. The van der Waals surface area contributed by atoms with E-state index < -0.39 is 0 Å². The molecule has 1 aliphatic heterocycles. The molecule has 1 unspecified atom stereocenters. The molecular weight excluding hydrogens is 262 g/mol. The second-order valence-corrected chi connectivity index (χ2v) is 5.68. The second kappa shape index (κ2) is 4.77. The molecular formula is C13H14N3O2S+. The van der Waals surface area contributed by atoms with E-state index in [1.165, 1.54) is 18.7 Å². The molecule has 0 saturated heterocycles. The van der Waals surface area contributed by atoms with E-state index in [1.807, 2.05) is 18.2 Å². The Morgan fingerprint density at radius 3 is 3.16 bits per heavy atom. The normalized spacial score (nSPS) is 25.3. The average molecular weight is 276 g/mol. The van der Waals surface area contributed by atoms with Gasteiger partial charge in [0.15, 0.2) is 4.87 Å². The molecule has 6 heteroatoms. The topological polar surface area (TPSA) is 61.5 Å². The molecule has 2 aliphatic carbocycles. The highest BCUT2D eigenvalue weighted by molar-refractivity contribution is 8.03. The smallest absolute Gasteiger partial charge is 0.277 e. The summed E-state index contributed by atoms with van der Waals surface area (Å²) in [6.07, 6.45) is 7.87. The van der Waals surface area contributed by atoms with Gasteiger partial charge in [0.1, 0.15) is 5.71 Å². The van der Waals surface area contributed by atoms with Crippen LogP contribution in [0.15, 0.2) is 39.5 Å². The van der Waals surface area contributed by atoms with Gasteiger partial charge in [-0.3, -0.25) is 4.79 Å². The Kier molecular flexibility index (Phi) is 3.10. The SMILES string of the molecule is CC(=O)NC1=CCCC2C1=CC=C1SC[N+](=O)N=C12. The number of fused-ring (bicyclic) bond motifs is 3. The molecule has 0 fully saturated rings. The van der Waals surface area contributed by atoms with Crippen LogP contribution in [0.25, 0.3) is 0 Å².